The fraction of sp³-hybridized carbons (Fsp3) is 0.562. The zero-order valence-corrected chi connectivity index (χ0v) is 13.0. The number of aromatic nitrogens is 1. The number of piperazine rings is 1. The Morgan fingerprint density at radius 1 is 1.41 bits per heavy atom. The molecule has 2 aliphatic rings. The maximum atomic E-state index is 12.4. The number of rotatable bonds is 3. The molecule has 1 aromatic rings. The molecule has 2 unspecified atom stereocenters. The topological polar surface area (TPSA) is 65.5 Å². The van der Waals surface area contributed by atoms with Gasteiger partial charge < -0.3 is 10.2 Å². The Morgan fingerprint density at radius 2 is 2.23 bits per heavy atom. The number of fused-ring (bicyclic) bond motifs is 1. The number of nitrogens with one attached hydrogen (secondary N) is 1. The van der Waals surface area contributed by atoms with Crippen LogP contribution >= 0.6 is 0 Å². The molecule has 2 aliphatic heterocycles. The Bertz CT molecular complexity index is 561. The van der Waals surface area contributed by atoms with Gasteiger partial charge in [0, 0.05) is 37.8 Å². The third-order valence-electron chi connectivity index (χ3n) is 4.49. The summed E-state index contributed by atoms with van der Waals surface area (Å²) >= 11 is 0. The van der Waals surface area contributed by atoms with Gasteiger partial charge in [0.25, 0.3) is 0 Å². The maximum absolute atomic E-state index is 12.4. The van der Waals surface area contributed by atoms with Crippen molar-refractivity contribution in [1.29, 1.82) is 0 Å². The second-order valence-electron chi connectivity index (χ2n) is 6.19. The van der Waals surface area contributed by atoms with E-state index in [0.717, 1.165) is 12.1 Å². The SMILES string of the molecule is CC(C)N1CCC(=O)N2C(Cc3cccnc3)C(=O)NCC12. The summed E-state index contributed by atoms with van der Waals surface area (Å²) in [6.45, 7) is 5.51. The van der Waals surface area contributed by atoms with Crippen LogP contribution in [0.2, 0.25) is 0 Å². The van der Waals surface area contributed by atoms with Crippen LogP contribution in [-0.2, 0) is 16.0 Å². The molecular weight excluding hydrogens is 280 g/mol. The van der Waals surface area contributed by atoms with E-state index in [0.29, 0.717) is 25.4 Å². The lowest BCUT2D eigenvalue weighted by Crippen LogP contribution is -2.71. The van der Waals surface area contributed by atoms with Gasteiger partial charge in [-0.05, 0) is 25.5 Å². The third kappa shape index (κ3) is 2.70. The first-order valence-electron chi connectivity index (χ1n) is 7.81. The second kappa shape index (κ2) is 6.04. The number of carbonyl (C=O) groups excluding carboxylic acids is 2. The van der Waals surface area contributed by atoms with E-state index in [4.69, 9.17) is 0 Å². The highest BCUT2D eigenvalue weighted by atomic mass is 16.2. The van der Waals surface area contributed by atoms with E-state index in [2.05, 4.69) is 29.0 Å². The van der Waals surface area contributed by atoms with Gasteiger partial charge in [-0.15, -0.1) is 0 Å². The summed E-state index contributed by atoms with van der Waals surface area (Å²) in [6.07, 6.45) is 4.41. The van der Waals surface area contributed by atoms with E-state index < -0.39 is 6.04 Å². The molecule has 22 heavy (non-hydrogen) atoms. The Hall–Kier alpha value is -1.95. The average Bonchev–Trinajstić information content (AvgIpc) is 2.51. The molecule has 0 aromatic carbocycles. The molecular formula is C16H22N4O2. The number of hydrogen-bond donors (Lipinski definition) is 1. The summed E-state index contributed by atoms with van der Waals surface area (Å²) in [6, 6.07) is 3.69. The molecule has 0 aliphatic carbocycles. The smallest absolute Gasteiger partial charge is 0.243 e. The molecule has 6 heteroatoms. The number of hydrogen-bond acceptors (Lipinski definition) is 4. The predicted octanol–water partition coefficient (Wildman–Crippen LogP) is 0.391. The monoisotopic (exact) mass is 302 g/mol. The van der Waals surface area contributed by atoms with Crippen LogP contribution in [0.5, 0.6) is 0 Å². The first-order chi connectivity index (χ1) is 10.6. The molecule has 3 rings (SSSR count). The molecule has 6 nitrogen and oxygen atoms in total. The van der Waals surface area contributed by atoms with Crippen molar-refractivity contribution in [1.82, 2.24) is 20.1 Å². The Kier molecular flexibility index (Phi) is 4.11. The van der Waals surface area contributed by atoms with Crippen LogP contribution in [0.15, 0.2) is 24.5 Å². The summed E-state index contributed by atoms with van der Waals surface area (Å²) in [7, 11) is 0. The van der Waals surface area contributed by atoms with Crippen molar-refractivity contribution >= 4 is 11.8 Å². The number of carbonyl (C=O) groups is 2. The lowest BCUT2D eigenvalue weighted by Gasteiger charge is -2.50. The number of nitrogens with zero attached hydrogens (tertiary/aromatic N) is 3. The van der Waals surface area contributed by atoms with Gasteiger partial charge in [-0.25, -0.2) is 0 Å². The minimum Gasteiger partial charge on any atom is -0.351 e. The molecule has 2 amide bonds. The number of pyridine rings is 1. The summed E-state index contributed by atoms with van der Waals surface area (Å²) in [5.41, 5.74) is 0.970. The molecule has 1 aromatic heterocycles. The van der Waals surface area contributed by atoms with Crippen LogP contribution in [0.4, 0.5) is 0 Å². The van der Waals surface area contributed by atoms with Gasteiger partial charge in [0.2, 0.25) is 11.8 Å². The van der Waals surface area contributed by atoms with E-state index in [1.54, 1.807) is 17.3 Å². The van der Waals surface area contributed by atoms with Gasteiger partial charge in [0.15, 0.2) is 0 Å². The molecule has 0 saturated carbocycles. The highest BCUT2D eigenvalue weighted by Crippen LogP contribution is 2.25. The fourth-order valence-corrected chi connectivity index (χ4v) is 3.40. The molecule has 0 spiro atoms. The molecule has 0 radical (unpaired) electrons. The summed E-state index contributed by atoms with van der Waals surface area (Å²) in [4.78, 5) is 32.9. The molecule has 1 N–H and O–H groups in total. The minimum atomic E-state index is -0.447. The van der Waals surface area contributed by atoms with Crippen LogP contribution < -0.4 is 5.32 Å². The largest absolute Gasteiger partial charge is 0.351 e. The van der Waals surface area contributed by atoms with Crippen LogP contribution in [0.3, 0.4) is 0 Å². The summed E-state index contributed by atoms with van der Waals surface area (Å²) in [5, 5.41) is 2.96. The van der Waals surface area contributed by atoms with Gasteiger partial charge in [-0.2, -0.15) is 0 Å². The first kappa shape index (κ1) is 15.0. The lowest BCUT2D eigenvalue weighted by molar-refractivity contribution is -0.161. The first-order valence-corrected chi connectivity index (χ1v) is 7.81. The molecule has 0 bridgehead atoms. The van der Waals surface area contributed by atoms with Gasteiger partial charge in [-0.1, -0.05) is 6.07 Å². The number of amides is 2. The maximum Gasteiger partial charge on any atom is 0.243 e. The van der Waals surface area contributed by atoms with Gasteiger partial charge >= 0.3 is 0 Å². The normalized spacial score (nSPS) is 26.0. The van der Waals surface area contributed by atoms with Crippen LogP contribution in [0.25, 0.3) is 0 Å². The molecule has 2 fully saturated rings. The molecule has 2 atom stereocenters. The van der Waals surface area contributed by atoms with E-state index in [-0.39, 0.29) is 18.0 Å². The van der Waals surface area contributed by atoms with E-state index in [9.17, 15) is 9.59 Å². The Labute approximate surface area is 130 Å². The molecule has 2 saturated heterocycles. The van der Waals surface area contributed by atoms with Crippen LogP contribution in [0, 0.1) is 0 Å². The van der Waals surface area contributed by atoms with E-state index in [1.165, 1.54) is 0 Å². The van der Waals surface area contributed by atoms with Crippen molar-refractivity contribution in [2.24, 2.45) is 0 Å². The summed E-state index contributed by atoms with van der Waals surface area (Å²) < 4.78 is 0. The van der Waals surface area contributed by atoms with Gasteiger partial charge in [0.1, 0.15) is 12.2 Å². The Balaban J connectivity index is 1.87. The lowest BCUT2D eigenvalue weighted by atomic mass is 9.99. The zero-order valence-electron chi connectivity index (χ0n) is 13.0. The zero-order chi connectivity index (χ0) is 15.7. The molecule has 3 heterocycles. The van der Waals surface area contributed by atoms with Crippen molar-refractivity contribution in [2.75, 3.05) is 13.1 Å². The van der Waals surface area contributed by atoms with Crippen molar-refractivity contribution in [3.63, 3.8) is 0 Å². The average molecular weight is 302 g/mol. The van der Waals surface area contributed by atoms with Crippen LogP contribution in [0.1, 0.15) is 25.8 Å². The van der Waals surface area contributed by atoms with Gasteiger partial charge in [0.05, 0.1) is 6.54 Å². The standard InChI is InChI=1S/C16H22N4O2/c1-11(2)19-7-5-15(21)20-13(16(22)18-10-14(19)20)8-12-4-3-6-17-9-12/h3-4,6,9,11,13-14H,5,7-8,10H2,1-2H3,(H,18,22). The van der Waals surface area contributed by atoms with Crippen molar-refractivity contribution in [3.05, 3.63) is 30.1 Å². The summed E-state index contributed by atoms with van der Waals surface area (Å²) in [5.74, 6) is 0.00435. The highest BCUT2D eigenvalue weighted by Gasteiger charge is 2.44. The predicted molar refractivity (Wildman–Crippen MR) is 81.8 cm³/mol. The highest BCUT2D eigenvalue weighted by molar-refractivity contribution is 5.89. The Morgan fingerprint density at radius 3 is 2.91 bits per heavy atom. The van der Waals surface area contributed by atoms with E-state index in [1.807, 2.05) is 12.1 Å². The van der Waals surface area contributed by atoms with Crippen molar-refractivity contribution < 1.29 is 9.59 Å². The van der Waals surface area contributed by atoms with Gasteiger partial charge in [-0.3, -0.25) is 19.5 Å². The second-order valence-corrected chi connectivity index (χ2v) is 6.19. The van der Waals surface area contributed by atoms with E-state index >= 15 is 0 Å². The quantitative estimate of drug-likeness (QED) is 0.877. The molecule has 118 valence electrons. The van der Waals surface area contributed by atoms with Crippen molar-refractivity contribution in [2.45, 2.75) is 44.9 Å². The minimum absolute atomic E-state index is 0.0411. The van der Waals surface area contributed by atoms with Crippen molar-refractivity contribution in [3.8, 4) is 0 Å². The fourth-order valence-electron chi connectivity index (χ4n) is 3.40. The third-order valence-corrected chi connectivity index (χ3v) is 4.49. The van der Waals surface area contributed by atoms with Crippen LogP contribution in [-0.4, -0.2) is 57.9 Å².